The molecule has 0 aliphatic carbocycles. The molecule has 45 heavy (non-hydrogen) atoms. The molecule has 10 nitrogen and oxygen atoms in total. The first-order valence-electron chi connectivity index (χ1n) is 15.0. The highest BCUT2D eigenvalue weighted by atomic mass is 35.5. The normalized spacial score (nSPS) is 11.4. The number of amides is 1. The molecule has 0 bridgehead atoms. The van der Waals surface area contributed by atoms with E-state index in [4.69, 9.17) is 22.1 Å². The van der Waals surface area contributed by atoms with Crippen molar-refractivity contribution in [3.8, 4) is 11.3 Å². The number of alkyl halides is 4. The van der Waals surface area contributed by atoms with Crippen LogP contribution in [0.4, 0.5) is 24.7 Å². The Morgan fingerprint density at radius 3 is 2.36 bits per heavy atom. The molecular formula is C31H44ClF3N8O2. The van der Waals surface area contributed by atoms with Gasteiger partial charge in [-0.2, -0.15) is 18.3 Å². The highest BCUT2D eigenvalue weighted by Crippen LogP contribution is 2.37. The summed E-state index contributed by atoms with van der Waals surface area (Å²) in [5.74, 6) is 0.0736. The minimum atomic E-state index is -4.67. The minimum Gasteiger partial charge on any atom is -0.378 e. The Balaban J connectivity index is 0.00000133. The first kappa shape index (κ1) is 37.5. The Kier molecular flexibility index (Phi) is 14.8. The number of imidazole rings is 1. The summed E-state index contributed by atoms with van der Waals surface area (Å²) in [5.41, 5.74) is 5.84. The zero-order valence-corrected chi connectivity index (χ0v) is 27.5. The number of hydrogen-bond donors (Lipinski definition) is 3. The van der Waals surface area contributed by atoms with Crippen molar-refractivity contribution in [2.75, 3.05) is 31.6 Å². The number of aryl methyl sites for hydroxylation is 1. The van der Waals surface area contributed by atoms with E-state index >= 15 is 0 Å². The fraction of sp³-hybridized carbons (Fsp3) is 0.484. The van der Waals surface area contributed by atoms with Gasteiger partial charge >= 0.3 is 6.18 Å². The number of aromatic nitrogens is 5. The van der Waals surface area contributed by atoms with Crippen LogP contribution in [0.1, 0.15) is 70.4 Å². The molecule has 3 heterocycles. The molecule has 1 amide bonds. The monoisotopic (exact) mass is 652 g/mol. The fourth-order valence-electron chi connectivity index (χ4n) is 3.89. The summed E-state index contributed by atoms with van der Waals surface area (Å²) in [4.78, 5) is 20.4. The summed E-state index contributed by atoms with van der Waals surface area (Å²) in [6, 6.07) is 6.67. The van der Waals surface area contributed by atoms with Gasteiger partial charge in [0, 0.05) is 54.3 Å². The van der Waals surface area contributed by atoms with Gasteiger partial charge in [0.2, 0.25) is 0 Å². The molecule has 248 valence electrons. The van der Waals surface area contributed by atoms with E-state index in [0.717, 1.165) is 0 Å². The van der Waals surface area contributed by atoms with Crippen LogP contribution >= 0.6 is 11.6 Å². The van der Waals surface area contributed by atoms with Gasteiger partial charge in [0.25, 0.3) is 5.91 Å². The molecule has 0 fully saturated rings. The van der Waals surface area contributed by atoms with Gasteiger partial charge in [-0.05, 0) is 44.5 Å². The standard InChI is InChI=1S/C26H30ClF3N8O2.C3H8.C2H6/c1-25(2,27)7-11-37-16-19(21(36-37)26(28,29)30)20-15-34-23-22(32-9-12-38(20)23)35-18-5-3-17(4-6-18)24(39)33-10-14-40-13-8-31;1-3-2;1-2/h3-6,9,12,15-16H,7-8,10-11,13-14,31H2,1-2H3,(H,32,35)(H,33,39);3H2,1-2H3;1-2H3. The number of nitrogens with one attached hydrogen (secondary N) is 2. The number of benzene rings is 1. The zero-order valence-electron chi connectivity index (χ0n) is 26.7. The molecule has 3 aromatic heterocycles. The van der Waals surface area contributed by atoms with Crippen LogP contribution in [0.2, 0.25) is 0 Å². The van der Waals surface area contributed by atoms with Crippen LogP contribution in [0.15, 0.2) is 49.1 Å². The molecule has 0 radical (unpaired) electrons. The predicted molar refractivity (Wildman–Crippen MR) is 173 cm³/mol. The largest absolute Gasteiger partial charge is 0.435 e. The van der Waals surface area contributed by atoms with Gasteiger partial charge in [-0.3, -0.25) is 13.9 Å². The SMILES string of the molecule is CC.CC(C)(Cl)CCn1cc(-c2cnc3c(Nc4ccc(C(=O)NCCOCCN)cc4)nccn23)c(C(F)(F)F)n1.CCC. The predicted octanol–water partition coefficient (Wildman–Crippen LogP) is 6.91. The Hall–Kier alpha value is -3.68. The third-order valence-electron chi connectivity index (χ3n) is 5.87. The molecule has 0 spiro atoms. The molecule has 14 heteroatoms. The van der Waals surface area contributed by atoms with E-state index in [1.165, 1.54) is 40.3 Å². The fourth-order valence-corrected chi connectivity index (χ4v) is 3.97. The van der Waals surface area contributed by atoms with Crippen LogP contribution in [-0.4, -0.2) is 61.2 Å². The topological polar surface area (TPSA) is 124 Å². The second-order valence-electron chi connectivity index (χ2n) is 10.3. The third kappa shape index (κ3) is 11.3. The number of nitrogens with two attached hydrogens (primary N) is 1. The molecular weight excluding hydrogens is 609 g/mol. The van der Waals surface area contributed by atoms with E-state index in [1.54, 1.807) is 38.1 Å². The number of hydrogen-bond acceptors (Lipinski definition) is 7. The molecule has 0 saturated heterocycles. The van der Waals surface area contributed by atoms with Crippen molar-refractivity contribution < 1.29 is 22.7 Å². The summed E-state index contributed by atoms with van der Waals surface area (Å²) in [6.07, 6.45) is 2.73. The van der Waals surface area contributed by atoms with Crippen LogP contribution in [0.5, 0.6) is 0 Å². The average Bonchev–Trinajstić information content (AvgIpc) is 3.63. The van der Waals surface area contributed by atoms with E-state index in [2.05, 4.69) is 39.5 Å². The van der Waals surface area contributed by atoms with Crippen molar-refractivity contribution >= 4 is 34.7 Å². The Labute approximate surface area is 267 Å². The first-order chi connectivity index (χ1) is 21.4. The lowest BCUT2D eigenvalue weighted by atomic mass is 10.1. The van der Waals surface area contributed by atoms with Crippen LogP contribution < -0.4 is 16.4 Å². The van der Waals surface area contributed by atoms with Crippen LogP contribution in [0, 0.1) is 0 Å². The second-order valence-corrected chi connectivity index (χ2v) is 11.3. The number of rotatable bonds is 12. The molecule has 1 aromatic carbocycles. The van der Waals surface area contributed by atoms with E-state index in [0.29, 0.717) is 55.4 Å². The lowest BCUT2D eigenvalue weighted by Gasteiger charge is -2.14. The van der Waals surface area contributed by atoms with Crippen LogP contribution in [0.3, 0.4) is 0 Å². The second kappa shape index (κ2) is 17.7. The maximum absolute atomic E-state index is 13.9. The van der Waals surface area contributed by atoms with Gasteiger partial charge in [0.1, 0.15) is 0 Å². The summed E-state index contributed by atoms with van der Waals surface area (Å²) in [7, 11) is 0. The summed E-state index contributed by atoms with van der Waals surface area (Å²) in [5, 5.41) is 9.68. The Morgan fingerprint density at radius 2 is 1.76 bits per heavy atom. The lowest BCUT2D eigenvalue weighted by molar-refractivity contribution is -0.141. The minimum absolute atomic E-state index is 0.103. The molecule has 0 aliphatic rings. The highest BCUT2D eigenvalue weighted by Gasteiger charge is 2.38. The Morgan fingerprint density at radius 1 is 1.09 bits per heavy atom. The van der Waals surface area contributed by atoms with Crippen molar-refractivity contribution in [2.24, 2.45) is 5.73 Å². The van der Waals surface area contributed by atoms with Gasteiger partial charge in [0.15, 0.2) is 17.2 Å². The highest BCUT2D eigenvalue weighted by molar-refractivity contribution is 6.23. The maximum Gasteiger partial charge on any atom is 0.435 e. The molecule has 0 unspecified atom stereocenters. The van der Waals surface area contributed by atoms with Gasteiger partial charge in [-0.1, -0.05) is 34.1 Å². The van der Waals surface area contributed by atoms with Gasteiger partial charge in [-0.25, -0.2) is 9.97 Å². The van der Waals surface area contributed by atoms with Crippen molar-refractivity contribution in [1.82, 2.24) is 29.5 Å². The number of fused-ring (bicyclic) bond motifs is 1. The van der Waals surface area contributed by atoms with Crippen molar-refractivity contribution in [3.63, 3.8) is 0 Å². The van der Waals surface area contributed by atoms with Crippen molar-refractivity contribution in [3.05, 3.63) is 60.3 Å². The number of halogens is 4. The first-order valence-corrected chi connectivity index (χ1v) is 15.3. The number of nitrogens with zero attached hydrogens (tertiary/aromatic N) is 5. The summed E-state index contributed by atoms with van der Waals surface area (Å²) >= 11 is 6.22. The molecule has 4 N–H and O–H groups in total. The van der Waals surface area contributed by atoms with E-state index in [9.17, 15) is 18.0 Å². The third-order valence-corrected chi connectivity index (χ3v) is 6.06. The van der Waals surface area contributed by atoms with Crippen LogP contribution in [-0.2, 0) is 17.5 Å². The number of ether oxygens (including phenoxy) is 1. The van der Waals surface area contributed by atoms with E-state index < -0.39 is 16.7 Å². The molecule has 0 atom stereocenters. The molecule has 0 aliphatic heterocycles. The number of carbonyl (C=O) groups excluding carboxylic acids is 1. The maximum atomic E-state index is 13.9. The van der Waals surface area contributed by atoms with Gasteiger partial charge < -0.3 is 21.1 Å². The summed E-state index contributed by atoms with van der Waals surface area (Å²) in [6.45, 7) is 13.6. The molecule has 0 saturated carbocycles. The van der Waals surface area contributed by atoms with Gasteiger partial charge in [0.05, 0.1) is 30.7 Å². The van der Waals surface area contributed by atoms with Gasteiger partial charge in [-0.15, -0.1) is 11.6 Å². The number of anilines is 2. The van der Waals surface area contributed by atoms with Crippen molar-refractivity contribution in [2.45, 2.75) is 72.0 Å². The average molecular weight is 653 g/mol. The van der Waals surface area contributed by atoms with E-state index in [-0.39, 0.29) is 23.7 Å². The number of carbonyl (C=O) groups is 1. The zero-order chi connectivity index (χ0) is 33.6. The van der Waals surface area contributed by atoms with E-state index in [1.807, 2.05) is 13.8 Å². The molecule has 4 rings (SSSR count). The smallest absolute Gasteiger partial charge is 0.378 e. The van der Waals surface area contributed by atoms with Crippen LogP contribution in [0.25, 0.3) is 16.9 Å². The molecule has 4 aromatic rings. The summed E-state index contributed by atoms with van der Waals surface area (Å²) < 4.78 is 49.7. The Bertz CT molecular complexity index is 1460. The lowest BCUT2D eigenvalue weighted by Crippen LogP contribution is -2.27. The quantitative estimate of drug-likeness (QED) is 0.112. The van der Waals surface area contributed by atoms with Crippen molar-refractivity contribution in [1.29, 1.82) is 0 Å².